The third kappa shape index (κ3) is 2.74. The van der Waals surface area contributed by atoms with Crippen molar-refractivity contribution in [3.8, 4) is 0 Å². The van der Waals surface area contributed by atoms with Crippen LogP contribution in [0.15, 0.2) is 24.4 Å². The summed E-state index contributed by atoms with van der Waals surface area (Å²) in [6.45, 7) is 1.72. The van der Waals surface area contributed by atoms with Crippen molar-refractivity contribution in [2.24, 2.45) is 0 Å². The van der Waals surface area contributed by atoms with E-state index in [2.05, 4.69) is 15.0 Å². The van der Waals surface area contributed by atoms with Crippen LogP contribution < -0.4 is 5.32 Å². The van der Waals surface area contributed by atoms with Crippen LogP contribution in [0.2, 0.25) is 0 Å². The molecule has 0 unspecified atom stereocenters. The zero-order valence-electron chi connectivity index (χ0n) is 7.65. The van der Waals surface area contributed by atoms with Crippen LogP contribution in [-0.4, -0.2) is 24.1 Å². The number of carbonyl (C=O) groups is 1. The number of rotatable bonds is 3. The van der Waals surface area contributed by atoms with E-state index in [1.165, 1.54) is 7.11 Å². The normalized spacial score (nSPS) is 11.8. The Morgan fingerprint density at radius 1 is 1.62 bits per heavy atom. The van der Waals surface area contributed by atoms with Crippen LogP contribution in [0.25, 0.3) is 0 Å². The second-order valence-electron chi connectivity index (χ2n) is 2.60. The molecule has 0 bridgehead atoms. The molecule has 0 fully saturated rings. The van der Waals surface area contributed by atoms with E-state index in [-0.39, 0.29) is 12.0 Å². The molecule has 4 heteroatoms. The monoisotopic (exact) mass is 180 g/mol. The Morgan fingerprint density at radius 2 is 2.38 bits per heavy atom. The van der Waals surface area contributed by atoms with E-state index in [0.29, 0.717) is 5.82 Å². The fourth-order valence-electron chi connectivity index (χ4n) is 0.906. The predicted octanol–water partition coefficient (Wildman–Crippen LogP) is 1.05. The van der Waals surface area contributed by atoms with E-state index < -0.39 is 0 Å². The van der Waals surface area contributed by atoms with Gasteiger partial charge < -0.3 is 10.1 Å². The summed E-state index contributed by atoms with van der Waals surface area (Å²) in [7, 11) is 1.36. The van der Waals surface area contributed by atoms with Crippen LogP contribution in [0.1, 0.15) is 6.92 Å². The first-order valence-corrected chi connectivity index (χ1v) is 3.99. The Hall–Kier alpha value is -1.58. The molecule has 0 radical (unpaired) electrons. The third-order valence-electron chi connectivity index (χ3n) is 1.58. The number of ether oxygens (including phenoxy) is 1. The van der Waals surface area contributed by atoms with Crippen LogP contribution >= 0.6 is 0 Å². The predicted molar refractivity (Wildman–Crippen MR) is 49.3 cm³/mol. The Balaban J connectivity index is 2.55. The number of esters is 1. The summed E-state index contributed by atoms with van der Waals surface area (Å²) >= 11 is 0. The molecular formula is C9H12N2O2. The summed E-state index contributed by atoms with van der Waals surface area (Å²) < 4.78 is 4.55. The fraction of sp³-hybridized carbons (Fsp3) is 0.333. The second-order valence-corrected chi connectivity index (χ2v) is 2.60. The number of methoxy groups -OCH3 is 1. The van der Waals surface area contributed by atoms with Gasteiger partial charge in [-0.2, -0.15) is 0 Å². The lowest BCUT2D eigenvalue weighted by Crippen LogP contribution is -2.27. The second kappa shape index (κ2) is 4.45. The molecule has 4 nitrogen and oxygen atoms in total. The summed E-state index contributed by atoms with van der Waals surface area (Å²) in [4.78, 5) is 15.0. The van der Waals surface area contributed by atoms with Gasteiger partial charge in [0.15, 0.2) is 0 Å². The van der Waals surface area contributed by atoms with E-state index in [9.17, 15) is 4.79 Å². The van der Waals surface area contributed by atoms with Gasteiger partial charge in [0.2, 0.25) is 0 Å². The minimum absolute atomic E-state index is 0.300. The number of hydrogen-bond acceptors (Lipinski definition) is 4. The number of anilines is 1. The van der Waals surface area contributed by atoms with E-state index in [1.54, 1.807) is 19.2 Å². The number of nitrogens with one attached hydrogen (secondary N) is 1. The van der Waals surface area contributed by atoms with Crippen molar-refractivity contribution in [1.82, 2.24) is 4.98 Å². The number of carbonyl (C=O) groups excluding carboxylic acids is 1. The molecule has 0 aliphatic carbocycles. The number of aromatic nitrogens is 1. The fourth-order valence-corrected chi connectivity index (χ4v) is 0.906. The zero-order chi connectivity index (χ0) is 9.68. The highest BCUT2D eigenvalue weighted by molar-refractivity contribution is 5.78. The average molecular weight is 180 g/mol. The first-order valence-electron chi connectivity index (χ1n) is 3.99. The van der Waals surface area contributed by atoms with Crippen molar-refractivity contribution in [2.75, 3.05) is 12.4 Å². The summed E-state index contributed by atoms with van der Waals surface area (Å²) in [6.07, 6.45) is 1.66. The molecule has 13 heavy (non-hydrogen) atoms. The number of hydrogen-bond donors (Lipinski definition) is 1. The van der Waals surface area contributed by atoms with E-state index in [4.69, 9.17) is 0 Å². The van der Waals surface area contributed by atoms with Gasteiger partial charge in [0.25, 0.3) is 0 Å². The maximum Gasteiger partial charge on any atom is 0.328 e. The molecule has 0 spiro atoms. The molecule has 1 atom stereocenters. The Bertz CT molecular complexity index is 274. The molecule has 0 saturated heterocycles. The largest absolute Gasteiger partial charge is 0.467 e. The lowest BCUT2D eigenvalue weighted by atomic mass is 10.3. The zero-order valence-corrected chi connectivity index (χ0v) is 7.65. The maximum absolute atomic E-state index is 11.0. The quantitative estimate of drug-likeness (QED) is 0.706. The van der Waals surface area contributed by atoms with Crippen LogP contribution in [0, 0.1) is 0 Å². The molecule has 1 aromatic rings. The van der Waals surface area contributed by atoms with Gasteiger partial charge in [-0.15, -0.1) is 0 Å². The van der Waals surface area contributed by atoms with Crippen LogP contribution in [0.4, 0.5) is 5.82 Å². The van der Waals surface area contributed by atoms with Crippen molar-refractivity contribution in [3.05, 3.63) is 24.4 Å². The van der Waals surface area contributed by atoms with Crippen molar-refractivity contribution in [3.63, 3.8) is 0 Å². The van der Waals surface area contributed by atoms with Gasteiger partial charge in [0.05, 0.1) is 7.11 Å². The van der Waals surface area contributed by atoms with Crippen molar-refractivity contribution < 1.29 is 9.53 Å². The molecule has 0 amide bonds. The maximum atomic E-state index is 11.0. The van der Waals surface area contributed by atoms with E-state index >= 15 is 0 Å². The summed E-state index contributed by atoms with van der Waals surface area (Å²) in [6, 6.07) is 5.08. The van der Waals surface area contributed by atoms with Gasteiger partial charge in [-0.3, -0.25) is 0 Å². The van der Waals surface area contributed by atoms with Gasteiger partial charge in [0.1, 0.15) is 11.9 Å². The smallest absolute Gasteiger partial charge is 0.328 e. The van der Waals surface area contributed by atoms with Crippen molar-refractivity contribution in [2.45, 2.75) is 13.0 Å². The molecule has 1 N–H and O–H groups in total. The highest BCUT2D eigenvalue weighted by Crippen LogP contribution is 2.02. The molecule has 1 rings (SSSR count). The van der Waals surface area contributed by atoms with Crippen molar-refractivity contribution in [1.29, 1.82) is 0 Å². The van der Waals surface area contributed by atoms with Gasteiger partial charge in [0, 0.05) is 6.20 Å². The number of pyridine rings is 1. The first kappa shape index (κ1) is 9.51. The van der Waals surface area contributed by atoms with Gasteiger partial charge in [-0.25, -0.2) is 9.78 Å². The molecule has 0 aliphatic rings. The minimum atomic E-state index is -0.375. The van der Waals surface area contributed by atoms with Gasteiger partial charge in [-0.05, 0) is 19.1 Å². The lowest BCUT2D eigenvalue weighted by Gasteiger charge is -2.11. The first-order chi connectivity index (χ1) is 6.24. The van der Waals surface area contributed by atoms with Crippen LogP contribution in [-0.2, 0) is 9.53 Å². The van der Waals surface area contributed by atoms with Crippen LogP contribution in [0.3, 0.4) is 0 Å². The molecule has 1 heterocycles. The summed E-state index contributed by atoms with van der Waals surface area (Å²) in [5, 5.41) is 2.91. The Labute approximate surface area is 76.9 Å². The highest BCUT2D eigenvalue weighted by atomic mass is 16.5. The van der Waals surface area contributed by atoms with Gasteiger partial charge >= 0.3 is 5.97 Å². The van der Waals surface area contributed by atoms with Crippen molar-refractivity contribution >= 4 is 11.8 Å². The topological polar surface area (TPSA) is 51.2 Å². The molecule has 0 saturated carbocycles. The molecular weight excluding hydrogens is 168 g/mol. The SMILES string of the molecule is COC(=O)[C@@H](C)Nc1ccccn1. The third-order valence-corrected chi connectivity index (χ3v) is 1.58. The molecule has 1 aromatic heterocycles. The molecule has 0 aromatic carbocycles. The molecule has 0 aliphatic heterocycles. The van der Waals surface area contributed by atoms with E-state index in [1.807, 2.05) is 12.1 Å². The number of nitrogens with zero attached hydrogens (tertiary/aromatic N) is 1. The summed E-state index contributed by atoms with van der Waals surface area (Å²) in [5.74, 6) is 0.367. The minimum Gasteiger partial charge on any atom is -0.467 e. The lowest BCUT2D eigenvalue weighted by molar-refractivity contribution is -0.141. The Kier molecular flexibility index (Phi) is 3.25. The standard InChI is InChI=1S/C9H12N2O2/c1-7(9(12)13-2)11-8-5-3-4-6-10-8/h3-7H,1-2H3,(H,10,11)/t7-/m1/s1. The van der Waals surface area contributed by atoms with Gasteiger partial charge in [-0.1, -0.05) is 6.07 Å². The summed E-state index contributed by atoms with van der Waals surface area (Å²) in [5.41, 5.74) is 0. The average Bonchev–Trinajstić information content (AvgIpc) is 2.18. The van der Waals surface area contributed by atoms with E-state index in [0.717, 1.165) is 0 Å². The van der Waals surface area contributed by atoms with Crippen LogP contribution in [0.5, 0.6) is 0 Å². The Morgan fingerprint density at radius 3 is 2.92 bits per heavy atom. The highest BCUT2D eigenvalue weighted by Gasteiger charge is 2.11. The molecule has 70 valence electrons.